The highest BCUT2D eigenvalue weighted by Gasteiger charge is 2.01. The van der Waals surface area contributed by atoms with Crippen molar-refractivity contribution < 1.29 is 4.79 Å². The van der Waals surface area contributed by atoms with Crippen LogP contribution in [-0.2, 0) is 4.79 Å². The summed E-state index contributed by atoms with van der Waals surface area (Å²) in [6.07, 6.45) is 2.02. The summed E-state index contributed by atoms with van der Waals surface area (Å²) in [6.45, 7) is 0. The maximum atomic E-state index is 10.4. The summed E-state index contributed by atoms with van der Waals surface area (Å²) in [5, 5.41) is 0.753. The Balaban J connectivity index is 2.45. The minimum absolute atomic E-state index is 0.304. The molecule has 0 aliphatic heterocycles. The highest BCUT2D eigenvalue weighted by atomic mass is 32.2. The van der Waals surface area contributed by atoms with E-state index in [4.69, 9.17) is 11.5 Å². The van der Waals surface area contributed by atoms with E-state index in [0.717, 1.165) is 5.03 Å². The lowest BCUT2D eigenvalue weighted by Gasteiger charge is -2.01. The van der Waals surface area contributed by atoms with E-state index in [1.54, 1.807) is 18.3 Å². The number of hydrogen-bond acceptors (Lipinski definition) is 4. The van der Waals surface area contributed by atoms with Gasteiger partial charge in [0.05, 0.1) is 5.69 Å². The molecule has 1 heterocycles. The van der Waals surface area contributed by atoms with Crippen molar-refractivity contribution in [2.75, 3.05) is 11.5 Å². The van der Waals surface area contributed by atoms with Gasteiger partial charge in [0.25, 0.3) is 0 Å². The number of pyridine rings is 1. The van der Waals surface area contributed by atoms with Crippen molar-refractivity contribution in [2.45, 2.75) is 11.4 Å². The second kappa shape index (κ2) is 4.71. The standard InChI is InChI=1S/C8H11N3OS/c9-6-2-1-4-11-8(6)13-5-3-7(10)12/h1-2,4H,3,5,9H2,(H2,10,12). The van der Waals surface area contributed by atoms with Gasteiger partial charge in [-0.3, -0.25) is 4.79 Å². The van der Waals surface area contributed by atoms with Crippen LogP contribution in [0.15, 0.2) is 23.4 Å². The summed E-state index contributed by atoms with van der Waals surface area (Å²) in [6, 6.07) is 3.55. The molecule has 1 rings (SSSR count). The number of primary amides is 1. The number of nitrogen functional groups attached to an aromatic ring is 1. The second-order valence-electron chi connectivity index (χ2n) is 2.46. The van der Waals surface area contributed by atoms with Crippen molar-refractivity contribution >= 4 is 23.4 Å². The molecular formula is C8H11N3OS. The van der Waals surface area contributed by atoms with E-state index in [2.05, 4.69) is 4.98 Å². The van der Waals surface area contributed by atoms with Gasteiger partial charge in [0.1, 0.15) is 5.03 Å². The Labute approximate surface area is 80.7 Å². The van der Waals surface area contributed by atoms with Crippen LogP contribution in [0.2, 0.25) is 0 Å². The van der Waals surface area contributed by atoms with E-state index in [1.807, 2.05) is 0 Å². The zero-order chi connectivity index (χ0) is 9.68. The number of carbonyl (C=O) groups excluding carboxylic acids is 1. The van der Waals surface area contributed by atoms with Gasteiger partial charge in [-0.1, -0.05) is 0 Å². The molecule has 0 saturated carbocycles. The van der Waals surface area contributed by atoms with E-state index in [0.29, 0.717) is 17.9 Å². The summed E-state index contributed by atoms with van der Waals surface area (Å²) in [4.78, 5) is 14.5. The average molecular weight is 197 g/mol. The molecule has 4 N–H and O–H groups in total. The number of carbonyl (C=O) groups is 1. The third-order valence-electron chi connectivity index (χ3n) is 1.39. The van der Waals surface area contributed by atoms with Crippen LogP contribution in [0.1, 0.15) is 6.42 Å². The molecule has 1 aromatic rings. The van der Waals surface area contributed by atoms with Crippen LogP contribution in [0.3, 0.4) is 0 Å². The lowest BCUT2D eigenvalue weighted by Crippen LogP contribution is -2.11. The molecular weight excluding hydrogens is 186 g/mol. The minimum atomic E-state index is -0.304. The third kappa shape index (κ3) is 3.33. The number of nitrogens with two attached hydrogens (primary N) is 2. The van der Waals surface area contributed by atoms with Gasteiger partial charge in [0, 0.05) is 18.4 Å². The molecule has 5 heteroatoms. The van der Waals surface area contributed by atoms with Crippen molar-refractivity contribution in [1.29, 1.82) is 0 Å². The smallest absolute Gasteiger partial charge is 0.218 e. The van der Waals surface area contributed by atoms with Crippen LogP contribution < -0.4 is 11.5 Å². The largest absolute Gasteiger partial charge is 0.397 e. The fraction of sp³-hybridized carbons (Fsp3) is 0.250. The lowest BCUT2D eigenvalue weighted by atomic mass is 10.4. The molecule has 0 aromatic carbocycles. The molecule has 1 amide bonds. The fourth-order valence-electron chi connectivity index (χ4n) is 0.772. The molecule has 0 saturated heterocycles. The van der Waals surface area contributed by atoms with Crippen LogP contribution in [0.25, 0.3) is 0 Å². The third-order valence-corrected chi connectivity index (χ3v) is 2.41. The number of nitrogens with zero attached hydrogens (tertiary/aromatic N) is 1. The number of aromatic nitrogens is 1. The van der Waals surface area contributed by atoms with E-state index in [9.17, 15) is 4.79 Å². The van der Waals surface area contributed by atoms with Crippen molar-refractivity contribution in [3.63, 3.8) is 0 Å². The first-order chi connectivity index (χ1) is 6.20. The normalized spacial score (nSPS) is 9.85. The summed E-state index contributed by atoms with van der Waals surface area (Å²) in [5.41, 5.74) is 11.3. The molecule has 0 bridgehead atoms. The Hall–Kier alpha value is -1.23. The van der Waals surface area contributed by atoms with Crippen molar-refractivity contribution in [2.24, 2.45) is 5.73 Å². The first-order valence-corrected chi connectivity index (χ1v) is 4.80. The summed E-state index contributed by atoms with van der Waals surface area (Å²) in [5.74, 6) is 0.318. The van der Waals surface area contributed by atoms with Crippen LogP contribution in [0.5, 0.6) is 0 Å². The molecule has 4 nitrogen and oxygen atoms in total. The molecule has 0 atom stereocenters. The predicted octanol–water partition coefficient (Wildman–Crippen LogP) is 0.631. The van der Waals surface area contributed by atoms with E-state index in [-0.39, 0.29) is 5.91 Å². The van der Waals surface area contributed by atoms with Gasteiger partial charge in [-0.2, -0.15) is 0 Å². The number of amides is 1. The van der Waals surface area contributed by atoms with Gasteiger partial charge in [0.2, 0.25) is 5.91 Å². The summed E-state index contributed by atoms with van der Waals surface area (Å²) in [7, 11) is 0. The first kappa shape index (κ1) is 9.85. The highest BCUT2D eigenvalue weighted by molar-refractivity contribution is 7.99. The van der Waals surface area contributed by atoms with E-state index >= 15 is 0 Å². The maximum Gasteiger partial charge on any atom is 0.218 e. The number of hydrogen-bond donors (Lipinski definition) is 2. The number of anilines is 1. The van der Waals surface area contributed by atoms with Crippen molar-refractivity contribution in [1.82, 2.24) is 4.98 Å². The van der Waals surface area contributed by atoms with Crippen LogP contribution in [0.4, 0.5) is 5.69 Å². The van der Waals surface area contributed by atoms with Gasteiger partial charge in [0.15, 0.2) is 0 Å². The molecule has 0 aliphatic rings. The monoisotopic (exact) mass is 197 g/mol. The lowest BCUT2D eigenvalue weighted by molar-refractivity contribution is -0.117. The quantitative estimate of drug-likeness (QED) is 0.694. The Morgan fingerprint density at radius 2 is 2.38 bits per heavy atom. The first-order valence-electron chi connectivity index (χ1n) is 3.81. The molecule has 0 radical (unpaired) electrons. The van der Waals surface area contributed by atoms with Crippen LogP contribution in [0, 0.1) is 0 Å². The SMILES string of the molecule is NC(=O)CCSc1ncccc1N. The van der Waals surface area contributed by atoms with Crippen molar-refractivity contribution in [3.8, 4) is 0 Å². The van der Waals surface area contributed by atoms with Gasteiger partial charge in [-0.25, -0.2) is 4.98 Å². The maximum absolute atomic E-state index is 10.4. The van der Waals surface area contributed by atoms with Gasteiger partial charge in [-0.15, -0.1) is 11.8 Å². The van der Waals surface area contributed by atoms with E-state index in [1.165, 1.54) is 11.8 Å². The minimum Gasteiger partial charge on any atom is -0.397 e. The number of rotatable bonds is 4. The Bertz CT molecular complexity index is 303. The van der Waals surface area contributed by atoms with Gasteiger partial charge >= 0.3 is 0 Å². The average Bonchev–Trinajstić information content (AvgIpc) is 2.08. The fourth-order valence-corrected chi connectivity index (χ4v) is 1.64. The Kier molecular flexibility index (Phi) is 3.57. The highest BCUT2D eigenvalue weighted by Crippen LogP contribution is 2.21. The zero-order valence-electron chi connectivity index (χ0n) is 7.06. The number of thioether (sulfide) groups is 1. The van der Waals surface area contributed by atoms with Gasteiger partial charge < -0.3 is 11.5 Å². The zero-order valence-corrected chi connectivity index (χ0v) is 7.88. The van der Waals surface area contributed by atoms with Crippen LogP contribution >= 0.6 is 11.8 Å². The van der Waals surface area contributed by atoms with Crippen molar-refractivity contribution in [3.05, 3.63) is 18.3 Å². The molecule has 70 valence electrons. The molecule has 0 fully saturated rings. The molecule has 0 aliphatic carbocycles. The molecule has 1 aromatic heterocycles. The predicted molar refractivity (Wildman–Crippen MR) is 53.2 cm³/mol. The summed E-state index contributed by atoms with van der Waals surface area (Å²) < 4.78 is 0. The topological polar surface area (TPSA) is 82.0 Å². The summed E-state index contributed by atoms with van der Waals surface area (Å²) >= 11 is 1.44. The van der Waals surface area contributed by atoms with Crippen LogP contribution in [-0.4, -0.2) is 16.6 Å². The second-order valence-corrected chi connectivity index (χ2v) is 3.55. The molecule has 0 unspecified atom stereocenters. The molecule has 13 heavy (non-hydrogen) atoms. The molecule has 0 spiro atoms. The Morgan fingerprint density at radius 1 is 1.62 bits per heavy atom. The van der Waals surface area contributed by atoms with Gasteiger partial charge in [-0.05, 0) is 12.1 Å². The Morgan fingerprint density at radius 3 is 3.00 bits per heavy atom. The van der Waals surface area contributed by atoms with E-state index < -0.39 is 0 Å².